The molecule has 23 heavy (non-hydrogen) atoms. The minimum Gasteiger partial charge on any atom is -0.493 e. The van der Waals surface area contributed by atoms with Crippen LogP contribution in [0.5, 0.6) is 5.88 Å². The molecule has 0 aliphatic carbocycles. The number of benzene rings is 2. The molecule has 0 unspecified atom stereocenters. The van der Waals surface area contributed by atoms with Gasteiger partial charge in [-0.15, -0.1) is 10.2 Å². The lowest BCUT2D eigenvalue weighted by Gasteiger charge is -1.98. The number of H-pyrrole nitrogens is 1. The molecule has 0 spiro atoms. The first-order valence-corrected chi connectivity index (χ1v) is 7.22. The van der Waals surface area contributed by atoms with Gasteiger partial charge in [0, 0.05) is 15.8 Å². The van der Waals surface area contributed by atoms with Crippen LogP contribution in [0.1, 0.15) is 0 Å². The highest BCUT2D eigenvalue weighted by Gasteiger charge is 2.11. The third-order valence-corrected chi connectivity index (χ3v) is 3.72. The monoisotopic (exact) mass is 323 g/mol. The fraction of sp³-hybridized carbons (Fsp3) is 0. The zero-order valence-corrected chi connectivity index (χ0v) is 12.5. The van der Waals surface area contributed by atoms with Crippen molar-refractivity contribution in [3.8, 4) is 5.88 Å². The summed E-state index contributed by atoms with van der Waals surface area (Å²) >= 11 is 6.01. The van der Waals surface area contributed by atoms with E-state index in [2.05, 4.69) is 25.2 Å². The van der Waals surface area contributed by atoms with Gasteiger partial charge in [0.2, 0.25) is 5.88 Å². The first-order valence-electron chi connectivity index (χ1n) is 6.84. The summed E-state index contributed by atoms with van der Waals surface area (Å²) in [4.78, 5) is 11.2. The van der Waals surface area contributed by atoms with E-state index in [1.807, 2.05) is 24.3 Å². The van der Waals surface area contributed by atoms with E-state index in [1.165, 1.54) is 6.33 Å². The van der Waals surface area contributed by atoms with Gasteiger partial charge in [-0.3, -0.25) is 0 Å². The van der Waals surface area contributed by atoms with Crippen molar-refractivity contribution < 1.29 is 5.11 Å². The maximum Gasteiger partial charge on any atom is 0.218 e. The normalized spacial score (nSPS) is 11.7. The van der Waals surface area contributed by atoms with E-state index in [9.17, 15) is 5.11 Å². The van der Waals surface area contributed by atoms with Crippen LogP contribution in [-0.2, 0) is 0 Å². The minimum atomic E-state index is -0.0654. The van der Waals surface area contributed by atoms with Crippen LogP contribution in [0, 0.1) is 0 Å². The number of aromatic amines is 1. The first-order chi connectivity index (χ1) is 11.2. The molecule has 0 atom stereocenters. The number of aromatic hydroxyl groups is 1. The Bertz CT molecular complexity index is 1050. The van der Waals surface area contributed by atoms with Gasteiger partial charge in [-0.25, -0.2) is 9.97 Å². The second-order valence-corrected chi connectivity index (χ2v) is 5.36. The summed E-state index contributed by atoms with van der Waals surface area (Å²) in [6.07, 6.45) is 1.43. The molecule has 4 aromatic rings. The van der Waals surface area contributed by atoms with Crippen molar-refractivity contribution in [1.82, 2.24) is 15.0 Å². The molecule has 0 amide bonds. The molecule has 0 radical (unpaired) electrons. The van der Waals surface area contributed by atoms with Crippen LogP contribution < -0.4 is 0 Å². The molecule has 0 saturated heterocycles. The van der Waals surface area contributed by atoms with Crippen LogP contribution in [0.25, 0.3) is 21.8 Å². The summed E-state index contributed by atoms with van der Waals surface area (Å²) in [5, 5.41) is 20.4. The Labute approximate surface area is 135 Å². The zero-order chi connectivity index (χ0) is 15.8. The van der Waals surface area contributed by atoms with Gasteiger partial charge in [0.25, 0.3) is 0 Å². The third-order valence-electron chi connectivity index (χ3n) is 3.48. The third kappa shape index (κ3) is 2.39. The zero-order valence-electron chi connectivity index (χ0n) is 11.7. The van der Waals surface area contributed by atoms with E-state index in [0.717, 1.165) is 16.4 Å². The molecule has 2 aromatic heterocycles. The van der Waals surface area contributed by atoms with E-state index >= 15 is 0 Å². The number of hydrogen-bond acceptors (Lipinski definition) is 5. The molecule has 2 heterocycles. The molecule has 0 aliphatic rings. The van der Waals surface area contributed by atoms with Gasteiger partial charge < -0.3 is 10.1 Å². The van der Waals surface area contributed by atoms with Crippen molar-refractivity contribution >= 4 is 44.9 Å². The Balaban J connectivity index is 1.85. The summed E-state index contributed by atoms with van der Waals surface area (Å²) in [5.41, 5.74) is 1.83. The van der Waals surface area contributed by atoms with Crippen LogP contribution in [-0.4, -0.2) is 20.1 Å². The molecular formula is C16H10ClN5O. The number of rotatable bonds is 2. The Morgan fingerprint density at radius 2 is 1.87 bits per heavy atom. The highest BCUT2D eigenvalue weighted by molar-refractivity contribution is 6.31. The van der Waals surface area contributed by atoms with Gasteiger partial charge in [-0.05, 0) is 30.3 Å². The molecule has 4 rings (SSSR count). The van der Waals surface area contributed by atoms with Crippen LogP contribution in [0.2, 0.25) is 5.02 Å². The number of aromatic nitrogens is 3. The topological polar surface area (TPSA) is 86.5 Å². The molecule has 0 saturated carbocycles. The summed E-state index contributed by atoms with van der Waals surface area (Å²) in [5.74, 6) is 0.371. The Morgan fingerprint density at radius 3 is 2.78 bits per heavy atom. The second-order valence-electron chi connectivity index (χ2n) is 4.93. The molecule has 0 fully saturated rings. The van der Waals surface area contributed by atoms with Crippen LogP contribution >= 0.6 is 11.6 Å². The predicted octanol–water partition coefficient (Wildman–Crippen LogP) is 4.89. The Hall–Kier alpha value is -2.99. The molecule has 0 aliphatic heterocycles. The number of azo groups is 1. The highest BCUT2D eigenvalue weighted by Crippen LogP contribution is 2.37. The van der Waals surface area contributed by atoms with Crippen molar-refractivity contribution in [3.05, 3.63) is 53.8 Å². The van der Waals surface area contributed by atoms with Crippen molar-refractivity contribution in [3.63, 3.8) is 0 Å². The lowest BCUT2D eigenvalue weighted by atomic mass is 10.2. The van der Waals surface area contributed by atoms with E-state index in [1.54, 1.807) is 18.2 Å². The number of fused-ring (bicyclic) bond motifs is 2. The van der Waals surface area contributed by atoms with Crippen molar-refractivity contribution in [2.75, 3.05) is 0 Å². The van der Waals surface area contributed by atoms with Crippen molar-refractivity contribution in [2.45, 2.75) is 0 Å². The SMILES string of the molecule is Oc1[nH]c2ccc(Cl)cc2c1N=Nc1ncnc2ccccc12. The molecule has 112 valence electrons. The fourth-order valence-corrected chi connectivity index (χ4v) is 2.58. The van der Waals surface area contributed by atoms with Gasteiger partial charge in [0.1, 0.15) is 6.33 Å². The van der Waals surface area contributed by atoms with Gasteiger partial charge in [0.05, 0.1) is 11.0 Å². The summed E-state index contributed by atoms with van der Waals surface area (Å²) in [6, 6.07) is 12.8. The number of halogens is 1. The first kappa shape index (κ1) is 13.7. The number of nitrogens with zero attached hydrogens (tertiary/aromatic N) is 4. The van der Waals surface area contributed by atoms with Gasteiger partial charge in [-0.1, -0.05) is 23.7 Å². The predicted molar refractivity (Wildman–Crippen MR) is 88.7 cm³/mol. The summed E-state index contributed by atoms with van der Waals surface area (Å²) < 4.78 is 0. The number of para-hydroxylation sites is 1. The van der Waals surface area contributed by atoms with E-state index in [-0.39, 0.29) is 5.88 Å². The van der Waals surface area contributed by atoms with Gasteiger partial charge >= 0.3 is 0 Å². The minimum absolute atomic E-state index is 0.0654. The molecule has 6 nitrogen and oxygen atoms in total. The summed E-state index contributed by atoms with van der Waals surface area (Å²) in [6.45, 7) is 0. The van der Waals surface area contributed by atoms with Gasteiger partial charge in [0.15, 0.2) is 11.5 Å². The average molecular weight is 324 g/mol. The quantitative estimate of drug-likeness (QED) is 0.515. The van der Waals surface area contributed by atoms with Crippen molar-refractivity contribution in [1.29, 1.82) is 0 Å². The molecule has 2 N–H and O–H groups in total. The fourth-order valence-electron chi connectivity index (χ4n) is 2.40. The van der Waals surface area contributed by atoms with E-state index in [4.69, 9.17) is 11.6 Å². The molecule has 0 bridgehead atoms. The lowest BCUT2D eigenvalue weighted by molar-refractivity contribution is 0.459. The maximum atomic E-state index is 10.0. The molecular weight excluding hydrogens is 314 g/mol. The molecule has 7 heteroatoms. The smallest absolute Gasteiger partial charge is 0.218 e. The lowest BCUT2D eigenvalue weighted by Crippen LogP contribution is -1.81. The van der Waals surface area contributed by atoms with E-state index in [0.29, 0.717) is 21.9 Å². The largest absolute Gasteiger partial charge is 0.493 e. The van der Waals surface area contributed by atoms with Crippen molar-refractivity contribution in [2.24, 2.45) is 10.2 Å². The standard InChI is InChI=1S/C16H10ClN5O/c17-9-5-6-13-11(7-9)14(16(23)20-13)21-22-15-10-3-1-2-4-12(10)18-8-19-15/h1-8,20,23H. The van der Waals surface area contributed by atoms with Crippen LogP contribution in [0.3, 0.4) is 0 Å². The summed E-state index contributed by atoms with van der Waals surface area (Å²) in [7, 11) is 0. The number of nitrogens with one attached hydrogen (secondary N) is 1. The second kappa shape index (κ2) is 5.33. The highest BCUT2D eigenvalue weighted by atomic mass is 35.5. The van der Waals surface area contributed by atoms with Crippen LogP contribution in [0.15, 0.2) is 59.0 Å². The maximum absolute atomic E-state index is 10.0. The molecule has 2 aromatic carbocycles. The van der Waals surface area contributed by atoms with E-state index < -0.39 is 0 Å². The Morgan fingerprint density at radius 1 is 1.00 bits per heavy atom. The average Bonchev–Trinajstić information content (AvgIpc) is 2.87. The number of hydrogen-bond donors (Lipinski definition) is 2. The van der Waals surface area contributed by atoms with Crippen LogP contribution in [0.4, 0.5) is 11.5 Å². The van der Waals surface area contributed by atoms with Gasteiger partial charge in [-0.2, -0.15) is 0 Å². The Kier molecular flexibility index (Phi) is 3.17.